The molecule has 2 N–H and O–H groups in total. The van der Waals surface area contributed by atoms with Gasteiger partial charge in [0.25, 0.3) is 0 Å². The van der Waals surface area contributed by atoms with E-state index in [4.69, 9.17) is 4.74 Å². The van der Waals surface area contributed by atoms with Gasteiger partial charge in [-0.2, -0.15) is 5.10 Å². The second-order valence-electron chi connectivity index (χ2n) is 7.06. The average molecular weight is 520 g/mol. The molecule has 0 aliphatic rings. The van der Waals surface area contributed by atoms with Crippen molar-refractivity contribution >= 4 is 29.9 Å². The molecule has 2 aromatic carbocycles. The molecule has 0 aliphatic carbocycles. The van der Waals surface area contributed by atoms with Gasteiger partial charge in [0.2, 0.25) is 0 Å². The number of halogens is 1. The summed E-state index contributed by atoms with van der Waals surface area (Å²) < 4.78 is 7.68. The molecule has 0 atom stereocenters. The standard InChI is InChI=1S/C22H28N6O.HI/c1-16(2)29-21-11-17(3)5-8-19(21)13-26-22(23-4)25-12-18-6-9-20(10-7-18)28-15-24-14-27-28;/h5-11,14-16H,12-13H2,1-4H3,(H2,23,25,26);1H. The minimum Gasteiger partial charge on any atom is -0.491 e. The molecule has 3 rings (SSSR count). The summed E-state index contributed by atoms with van der Waals surface area (Å²) in [6.45, 7) is 7.44. The lowest BCUT2D eigenvalue weighted by molar-refractivity contribution is 0.239. The lowest BCUT2D eigenvalue weighted by Gasteiger charge is -2.17. The number of nitrogens with one attached hydrogen (secondary N) is 2. The molecule has 0 amide bonds. The zero-order valence-corrected chi connectivity index (χ0v) is 20.1. The van der Waals surface area contributed by atoms with Crippen LogP contribution >= 0.6 is 24.0 Å². The van der Waals surface area contributed by atoms with Crippen molar-refractivity contribution in [2.75, 3.05) is 7.05 Å². The highest BCUT2D eigenvalue weighted by atomic mass is 127. The fourth-order valence-electron chi connectivity index (χ4n) is 2.86. The highest BCUT2D eigenvalue weighted by molar-refractivity contribution is 14.0. The predicted octanol–water partition coefficient (Wildman–Crippen LogP) is 3.85. The fraction of sp³-hybridized carbons (Fsp3) is 0.318. The van der Waals surface area contributed by atoms with Gasteiger partial charge in [-0.05, 0) is 50.1 Å². The van der Waals surface area contributed by atoms with Gasteiger partial charge in [-0.1, -0.05) is 24.3 Å². The molecule has 0 bridgehead atoms. The smallest absolute Gasteiger partial charge is 0.191 e. The maximum atomic E-state index is 5.95. The van der Waals surface area contributed by atoms with E-state index in [0.29, 0.717) is 13.1 Å². The lowest BCUT2D eigenvalue weighted by Crippen LogP contribution is -2.36. The van der Waals surface area contributed by atoms with Gasteiger partial charge in [0.15, 0.2) is 5.96 Å². The number of benzene rings is 2. The van der Waals surface area contributed by atoms with Crippen molar-refractivity contribution in [3.8, 4) is 11.4 Å². The Kier molecular flexibility index (Phi) is 9.10. The van der Waals surface area contributed by atoms with E-state index in [1.807, 2.05) is 26.0 Å². The van der Waals surface area contributed by atoms with E-state index in [9.17, 15) is 0 Å². The minimum absolute atomic E-state index is 0. The number of aliphatic imine (C=N–C) groups is 1. The third-order valence-electron chi connectivity index (χ3n) is 4.33. The molecule has 160 valence electrons. The molecule has 0 spiro atoms. The van der Waals surface area contributed by atoms with Gasteiger partial charge >= 0.3 is 0 Å². The maximum absolute atomic E-state index is 5.95. The molecule has 7 nitrogen and oxygen atoms in total. The second-order valence-corrected chi connectivity index (χ2v) is 7.06. The topological polar surface area (TPSA) is 76.4 Å². The van der Waals surface area contributed by atoms with Crippen LogP contribution in [0.5, 0.6) is 5.75 Å². The molecule has 0 fully saturated rings. The molecular formula is C22H29IN6O. The summed E-state index contributed by atoms with van der Waals surface area (Å²) in [7, 11) is 1.77. The van der Waals surface area contributed by atoms with Crippen molar-refractivity contribution in [2.24, 2.45) is 4.99 Å². The summed E-state index contributed by atoms with van der Waals surface area (Å²) in [6.07, 6.45) is 3.34. The Bertz CT molecular complexity index is 939. The van der Waals surface area contributed by atoms with E-state index in [1.165, 1.54) is 11.9 Å². The number of hydrogen-bond acceptors (Lipinski definition) is 4. The summed E-state index contributed by atoms with van der Waals surface area (Å²) in [6, 6.07) is 14.4. The second kappa shape index (κ2) is 11.5. The first-order valence-electron chi connectivity index (χ1n) is 9.70. The molecule has 8 heteroatoms. The monoisotopic (exact) mass is 520 g/mol. The van der Waals surface area contributed by atoms with E-state index in [1.54, 1.807) is 18.1 Å². The quantitative estimate of drug-likeness (QED) is 0.281. The van der Waals surface area contributed by atoms with E-state index < -0.39 is 0 Å². The van der Waals surface area contributed by atoms with E-state index >= 15 is 0 Å². The van der Waals surface area contributed by atoms with Crippen LogP contribution in [-0.4, -0.2) is 33.9 Å². The largest absolute Gasteiger partial charge is 0.491 e. The van der Waals surface area contributed by atoms with Crippen LogP contribution in [0.25, 0.3) is 5.69 Å². The van der Waals surface area contributed by atoms with E-state index in [2.05, 4.69) is 63.0 Å². The normalized spacial score (nSPS) is 11.2. The Morgan fingerprint density at radius 2 is 1.83 bits per heavy atom. The molecule has 3 aromatic rings. The average Bonchev–Trinajstić information content (AvgIpc) is 3.24. The Morgan fingerprint density at radius 1 is 1.10 bits per heavy atom. The third-order valence-corrected chi connectivity index (χ3v) is 4.33. The number of hydrogen-bond donors (Lipinski definition) is 2. The van der Waals surface area contributed by atoms with Gasteiger partial charge in [-0.25, -0.2) is 9.67 Å². The Balaban J connectivity index is 0.00000320. The number of guanidine groups is 1. The predicted molar refractivity (Wildman–Crippen MR) is 131 cm³/mol. The lowest BCUT2D eigenvalue weighted by atomic mass is 10.1. The van der Waals surface area contributed by atoms with Gasteiger partial charge in [0.1, 0.15) is 18.4 Å². The molecule has 0 unspecified atom stereocenters. The molecule has 0 aliphatic heterocycles. The maximum Gasteiger partial charge on any atom is 0.191 e. The summed E-state index contributed by atoms with van der Waals surface area (Å²) in [5, 5.41) is 10.8. The van der Waals surface area contributed by atoms with Gasteiger partial charge < -0.3 is 15.4 Å². The first-order chi connectivity index (χ1) is 14.0. The molecular weight excluding hydrogens is 491 g/mol. The zero-order chi connectivity index (χ0) is 20.6. The first kappa shape index (κ1) is 23.7. The summed E-state index contributed by atoms with van der Waals surface area (Å²) in [4.78, 5) is 8.29. The highest BCUT2D eigenvalue weighted by Gasteiger charge is 2.08. The van der Waals surface area contributed by atoms with Crippen molar-refractivity contribution in [2.45, 2.75) is 40.0 Å². The third kappa shape index (κ3) is 6.72. The minimum atomic E-state index is 0. The van der Waals surface area contributed by atoms with Crippen LogP contribution in [0.4, 0.5) is 0 Å². The van der Waals surface area contributed by atoms with Crippen LogP contribution in [0.2, 0.25) is 0 Å². The van der Waals surface area contributed by atoms with Crippen LogP contribution in [0.3, 0.4) is 0 Å². The number of ether oxygens (including phenoxy) is 1. The Labute approximate surface area is 195 Å². The van der Waals surface area contributed by atoms with Crippen LogP contribution in [0.15, 0.2) is 60.1 Å². The van der Waals surface area contributed by atoms with Crippen molar-refractivity contribution in [3.63, 3.8) is 0 Å². The Morgan fingerprint density at radius 3 is 2.47 bits per heavy atom. The highest BCUT2D eigenvalue weighted by Crippen LogP contribution is 2.21. The molecule has 0 saturated heterocycles. The number of aryl methyl sites for hydroxylation is 1. The number of nitrogens with zero attached hydrogens (tertiary/aromatic N) is 4. The summed E-state index contributed by atoms with van der Waals surface area (Å²) >= 11 is 0. The van der Waals surface area contributed by atoms with Gasteiger partial charge in [-0.15, -0.1) is 24.0 Å². The fourth-order valence-corrected chi connectivity index (χ4v) is 2.86. The molecule has 0 radical (unpaired) electrons. The van der Waals surface area contributed by atoms with Crippen LogP contribution < -0.4 is 15.4 Å². The summed E-state index contributed by atoms with van der Waals surface area (Å²) in [5.41, 5.74) is 4.41. The van der Waals surface area contributed by atoms with Crippen molar-refractivity contribution in [1.82, 2.24) is 25.4 Å². The van der Waals surface area contributed by atoms with Gasteiger partial charge in [0, 0.05) is 25.7 Å². The van der Waals surface area contributed by atoms with E-state index in [0.717, 1.165) is 28.5 Å². The molecule has 30 heavy (non-hydrogen) atoms. The SMILES string of the molecule is CN=C(NCc1ccc(-n2cncn2)cc1)NCc1ccc(C)cc1OC(C)C.I. The van der Waals surface area contributed by atoms with Crippen molar-refractivity contribution in [3.05, 3.63) is 71.8 Å². The van der Waals surface area contributed by atoms with Crippen molar-refractivity contribution in [1.29, 1.82) is 0 Å². The Hall–Kier alpha value is -2.62. The first-order valence-corrected chi connectivity index (χ1v) is 9.70. The van der Waals surface area contributed by atoms with Crippen LogP contribution in [-0.2, 0) is 13.1 Å². The van der Waals surface area contributed by atoms with Crippen LogP contribution in [0, 0.1) is 6.92 Å². The zero-order valence-electron chi connectivity index (χ0n) is 17.8. The van der Waals surface area contributed by atoms with Crippen molar-refractivity contribution < 1.29 is 4.74 Å². The van der Waals surface area contributed by atoms with Gasteiger partial charge in [-0.3, -0.25) is 4.99 Å². The molecule has 1 heterocycles. The molecule has 1 aromatic heterocycles. The molecule has 0 saturated carbocycles. The van der Waals surface area contributed by atoms with E-state index in [-0.39, 0.29) is 30.1 Å². The number of rotatable bonds is 7. The summed E-state index contributed by atoms with van der Waals surface area (Å²) in [5.74, 6) is 1.65. The van der Waals surface area contributed by atoms with Crippen LogP contribution in [0.1, 0.15) is 30.5 Å². The number of aromatic nitrogens is 3. The van der Waals surface area contributed by atoms with Gasteiger partial charge in [0.05, 0.1) is 11.8 Å².